The van der Waals surface area contributed by atoms with Crippen LogP contribution in [0, 0.1) is 0 Å². The van der Waals surface area contributed by atoms with Gasteiger partial charge in [0.1, 0.15) is 5.82 Å². The second kappa shape index (κ2) is 5.14. The van der Waals surface area contributed by atoms with Crippen LogP contribution in [0.3, 0.4) is 0 Å². The Hall–Kier alpha value is -0.840. The lowest BCUT2D eigenvalue weighted by molar-refractivity contribution is 0.168. The SMILES string of the molecule is CC(O)C(N)CNc1ncccc1Cl. The highest BCUT2D eigenvalue weighted by Gasteiger charge is 2.09. The number of hydrogen-bond acceptors (Lipinski definition) is 4. The summed E-state index contributed by atoms with van der Waals surface area (Å²) in [4.78, 5) is 4.03. The number of anilines is 1. The lowest BCUT2D eigenvalue weighted by atomic mass is 10.2. The van der Waals surface area contributed by atoms with Gasteiger partial charge in [-0.25, -0.2) is 4.98 Å². The van der Waals surface area contributed by atoms with Crippen LogP contribution in [0.1, 0.15) is 6.92 Å². The lowest BCUT2D eigenvalue weighted by Gasteiger charge is -2.15. The van der Waals surface area contributed by atoms with Crippen LogP contribution in [0.2, 0.25) is 5.02 Å². The highest BCUT2D eigenvalue weighted by Crippen LogP contribution is 2.16. The fourth-order valence-corrected chi connectivity index (χ4v) is 1.09. The highest BCUT2D eigenvalue weighted by molar-refractivity contribution is 6.32. The summed E-state index contributed by atoms with van der Waals surface area (Å²) >= 11 is 5.86. The van der Waals surface area contributed by atoms with Gasteiger partial charge in [-0.05, 0) is 19.1 Å². The molecule has 0 spiro atoms. The van der Waals surface area contributed by atoms with Crippen LogP contribution in [-0.4, -0.2) is 28.8 Å². The summed E-state index contributed by atoms with van der Waals surface area (Å²) < 4.78 is 0. The van der Waals surface area contributed by atoms with Gasteiger partial charge in [-0.1, -0.05) is 11.6 Å². The maximum Gasteiger partial charge on any atom is 0.144 e. The molecule has 0 fully saturated rings. The Labute approximate surface area is 88.1 Å². The van der Waals surface area contributed by atoms with Crippen molar-refractivity contribution in [2.45, 2.75) is 19.1 Å². The van der Waals surface area contributed by atoms with Crippen LogP contribution >= 0.6 is 11.6 Å². The van der Waals surface area contributed by atoms with E-state index in [0.29, 0.717) is 17.4 Å². The monoisotopic (exact) mass is 215 g/mol. The molecule has 4 nitrogen and oxygen atoms in total. The van der Waals surface area contributed by atoms with Gasteiger partial charge in [0.2, 0.25) is 0 Å². The molecule has 1 aromatic heterocycles. The zero-order chi connectivity index (χ0) is 10.6. The van der Waals surface area contributed by atoms with Crippen molar-refractivity contribution in [1.29, 1.82) is 0 Å². The van der Waals surface area contributed by atoms with E-state index >= 15 is 0 Å². The van der Waals surface area contributed by atoms with Crippen molar-refractivity contribution in [3.63, 3.8) is 0 Å². The Kier molecular flexibility index (Phi) is 4.13. The number of nitrogens with zero attached hydrogens (tertiary/aromatic N) is 1. The minimum absolute atomic E-state index is 0.326. The van der Waals surface area contributed by atoms with E-state index in [9.17, 15) is 0 Å². The molecule has 4 N–H and O–H groups in total. The number of aromatic nitrogens is 1. The fraction of sp³-hybridized carbons (Fsp3) is 0.444. The lowest BCUT2D eigenvalue weighted by Crippen LogP contribution is -2.38. The van der Waals surface area contributed by atoms with Crippen molar-refractivity contribution < 1.29 is 5.11 Å². The minimum atomic E-state index is -0.551. The first kappa shape index (κ1) is 11.2. The maximum atomic E-state index is 9.15. The predicted octanol–water partition coefficient (Wildman–Crippen LogP) is 0.855. The largest absolute Gasteiger partial charge is 0.392 e. The molecule has 0 amide bonds. The third-order valence-corrected chi connectivity index (χ3v) is 2.19. The number of aliphatic hydroxyl groups excluding tert-OH is 1. The third kappa shape index (κ3) is 3.14. The third-order valence-electron chi connectivity index (χ3n) is 1.88. The Bertz CT molecular complexity index is 293. The van der Waals surface area contributed by atoms with Gasteiger partial charge in [-0.3, -0.25) is 0 Å². The molecule has 0 radical (unpaired) electrons. The van der Waals surface area contributed by atoms with E-state index in [-0.39, 0.29) is 6.04 Å². The van der Waals surface area contributed by atoms with E-state index in [1.807, 2.05) is 0 Å². The van der Waals surface area contributed by atoms with Gasteiger partial charge < -0.3 is 16.2 Å². The van der Waals surface area contributed by atoms with Crippen molar-refractivity contribution in [3.8, 4) is 0 Å². The maximum absolute atomic E-state index is 9.15. The van der Waals surface area contributed by atoms with Crippen LogP contribution in [-0.2, 0) is 0 Å². The summed E-state index contributed by atoms with van der Waals surface area (Å²) in [6, 6.07) is 3.17. The molecule has 0 aromatic carbocycles. The van der Waals surface area contributed by atoms with Gasteiger partial charge in [-0.2, -0.15) is 0 Å². The van der Waals surface area contributed by atoms with Crippen LogP contribution < -0.4 is 11.1 Å². The average molecular weight is 216 g/mol. The molecule has 5 heteroatoms. The summed E-state index contributed by atoms with van der Waals surface area (Å²) in [5.41, 5.74) is 5.63. The Morgan fingerprint density at radius 2 is 2.43 bits per heavy atom. The van der Waals surface area contributed by atoms with Crippen molar-refractivity contribution in [2.75, 3.05) is 11.9 Å². The first-order valence-corrected chi connectivity index (χ1v) is 4.77. The molecule has 0 saturated carbocycles. The molecule has 0 bridgehead atoms. The number of halogens is 1. The minimum Gasteiger partial charge on any atom is -0.392 e. The van der Waals surface area contributed by atoms with Crippen LogP contribution in [0.25, 0.3) is 0 Å². The number of pyridine rings is 1. The van der Waals surface area contributed by atoms with E-state index in [0.717, 1.165) is 0 Å². The molecule has 1 rings (SSSR count). The average Bonchev–Trinajstić information content (AvgIpc) is 2.16. The number of nitrogens with two attached hydrogens (primary N) is 1. The van der Waals surface area contributed by atoms with Crippen LogP contribution in [0.15, 0.2) is 18.3 Å². The van der Waals surface area contributed by atoms with Crippen LogP contribution in [0.5, 0.6) is 0 Å². The second-order valence-electron chi connectivity index (χ2n) is 3.12. The smallest absolute Gasteiger partial charge is 0.144 e. The molecule has 78 valence electrons. The number of rotatable bonds is 4. The summed E-state index contributed by atoms with van der Waals surface area (Å²) in [5, 5.41) is 12.7. The first-order valence-electron chi connectivity index (χ1n) is 4.39. The molecule has 0 aliphatic rings. The van der Waals surface area contributed by atoms with E-state index in [2.05, 4.69) is 10.3 Å². The van der Waals surface area contributed by atoms with Gasteiger partial charge in [0.25, 0.3) is 0 Å². The standard InChI is InChI=1S/C9H14ClN3O/c1-6(14)8(11)5-13-9-7(10)3-2-4-12-9/h2-4,6,8,14H,5,11H2,1H3,(H,12,13). The number of hydrogen-bond donors (Lipinski definition) is 3. The number of aliphatic hydroxyl groups is 1. The van der Waals surface area contributed by atoms with Gasteiger partial charge in [-0.15, -0.1) is 0 Å². The molecular weight excluding hydrogens is 202 g/mol. The van der Waals surface area contributed by atoms with Gasteiger partial charge in [0.05, 0.1) is 11.1 Å². The fourth-order valence-electron chi connectivity index (χ4n) is 0.901. The van der Waals surface area contributed by atoms with Crippen molar-refractivity contribution in [2.24, 2.45) is 5.73 Å². The molecular formula is C9H14ClN3O. The molecule has 14 heavy (non-hydrogen) atoms. The van der Waals surface area contributed by atoms with Crippen molar-refractivity contribution in [3.05, 3.63) is 23.4 Å². The van der Waals surface area contributed by atoms with Crippen LogP contribution in [0.4, 0.5) is 5.82 Å². The molecule has 1 aromatic rings. The molecule has 2 unspecified atom stereocenters. The van der Waals surface area contributed by atoms with Crippen molar-refractivity contribution >= 4 is 17.4 Å². The zero-order valence-electron chi connectivity index (χ0n) is 7.94. The predicted molar refractivity (Wildman–Crippen MR) is 57.4 cm³/mol. The van der Waals surface area contributed by atoms with Crippen molar-refractivity contribution in [1.82, 2.24) is 4.98 Å². The Morgan fingerprint density at radius 1 is 1.71 bits per heavy atom. The topological polar surface area (TPSA) is 71.2 Å². The van der Waals surface area contributed by atoms with Gasteiger partial charge in [0.15, 0.2) is 0 Å². The van der Waals surface area contributed by atoms with E-state index in [1.54, 1.807) is 25.3 Å². The molecule has 0 aliphatic heterocycles. The number of nitrogens with one attached hydrogen (secondary N) is 1. The first-order chi connectivity index (χ1) is 6.61. The molecule has 0 saturated heterocycles. The molecule has 0 aliphatic carbocycles. The van der Waals surface area contributed by atoms with E-state index in [4.69, 9.17) is 22.4 Å². The summed E-state index contributed by atoms with van der Waals surface area (Å²) in [6.45, 7) is 2.08. The summed E-state index contributed by atoms with van der Waals surface area (Å²) in [5.74, 6) is 0.588. The normalized spacial score (nSPS) is 14.9. The Morgan fingerprint density at radius 3 is 3.00 bits per heavy atom. The second-order valence-corrected chi connectivity index (χ2v) is 3.53. The summed E-state index contributed by atoms with van der Waals surface area (Å²) in [7, 11) is 0. The Balaban J connectivity index is 2.50. The zero-order valence-corrected chi connectivity index (χ0v) is 8.70. The van der Waals surface area contributed by atoms with Gasteiger partial charge in [0, 0.05) is 18.8 Å². The molecule has 2 atom stereocenters. The van der Waals surface area contributed by atoms with Gasteiger partial charge >= 0.3 is 0 Å². The van der Waals surface area contributed by atoms with E-state index in [1.165, 1.54) is 0 Å². The quantitative estimate of drug-likeness (QED) is 0.697. The van der Waals surface area contributed by atoms with E-state index < -0.39 is 6.10 Å². The highest BCUT2D eigenvalue weighted by atomic mass is 35.5. The molecule has 1 heterocycles. The summed E-state index contributed by atoms with van der Waals surface area (Å²) in [6.07, 6.45) is 1.09.